The topological polar surface area (TPSA) is 171 Å². The number of nitrogens with zero attached hydrogens (tertiary/aromatic N) is 4. The van der Waals surface area contributed by atoms with Crippen LogP contribution in [-0.4, -0.2) is 81.0 Å². The average Bonchev–Trinajstić information content (AvgIpc) is 3.76. The number of anilines is 1. The summed E-state index contributed by atoms with van der Waals surface area (Å²) in [6, 6.07) is 21.7. The Kier molecular flexibility index (Phi) is 12.2. The summed E-state index contributed by atoms with van der Waals surface area (Å²) in [6.07, 6.45) is 8.18. The molecule has 3 aliphatic rings. The minimum absolute atomic E-state index is 0. The first-order valence-electron chi connectivity index (χ1n) is 18.6. The number of H-pyrrole nitrogens is 1. The SMILES string of the molecule is Cc1cc(C(=O)NC2CC3CCC(C2)N3C)ccc1-c1ccc(C[C@H](NC(=O)C2CCC(CN)CC2)C(=O)Nc2ccc(-c3nn[nH]n3)cc2)cc1.Cl. The lowest BCUT2D eigenvalue weighted by molar-refractivity contribution is -0.130. The Labute approximate surface area is 316 Å². The molecule has 1 aromatic heterocycles. The number of tetrazole rings is 1. The highest BCUT2D eigenvalue weighted by Gasteiger charge is 2.39. The van der Waals surface area contributed by atoms with Crippen LogP contribution in [0.3, 0.4) is 0 Å². The monoisotopic (exact) mass is 739 g/mol. The second-order valence-corrected chi connectivity index (χ2v) is 14.9. The van der Waals surface area contributed by atoms with Gasteiger partial charge in [0, 0.05) is 47.3 Å². The van der Waals surface area contributed by atoms with Gasteiger partial charge >= 0.3 is 0 Å². The van der Waals surface area contributed by atoms with Crippen molar-refractivity contribution in [2.24, 2.45) is 17.6 Å². The first kappa shape index (κ1) is 38.1. The van der Waals surface area contributed by atoms with E-state index in [1.165, 1.54) is 12.8 Å². The summed E-state index contributed by atoms with van der Waals surface area (Å²) in [5.41, 5.74) is 11.9. The molecular weight excluding hydrogens is 690 g/mol. The lowest BCUT2D eigenvalue weighted by Crippen LogP contribution is -2.48. The van der Waals surface area contributed by atoms with Gasteiger partial charge in [-0.3, -0.25) is 14.4 Å². The van der Waals surface area contributed by atoms with Crippen molar-refractivity contribution >= 4 is 35.8 Å². The van der Waals surface area contributed by atoms with E-state index in [0.717, 1.165) is 66.3 Å². The van der Waals surface area contributed by atoms with Crippen LogP contribution >= 0.6 is 12.4 Å². The molecule has 0 radical (unpaired) electrons. The molecule has 2 bridgehead atoms. The number of nitrogens with one attached hydrogen (secondary N) is 4. The number of hydrogen-bond acceptors (Lipinski definition) is 8. The van der Waals surface area contributed by atoms with Crippen LogP contribution in [-0.2, 0) is 16.0 Å². The number of fused-ring (bicyclic) bond motifs is 2. The second-order valence-electron chi connectivity index (χ2n) is 14.9. The molecule has 1 aliphatic carbocycles. The number of benzene rings is 3. The predicted molar refractivity (Wildman–Crippen MR) is 207 cm³/mol. The second kappa shape index (κ2) is 17.0. The fraction of sp³-hybridized carbons (Fsp3) is 0.450. The number of hydrogen-bond donors (Lipinski definition) is 5. The van der Waals surface area contributed by atoms with E-state index in [0.29, 0.717) is 48.0 Å². The number of aromatic nitrogens is 4. The fourth-order valence-corrected chi connectivity index (χ4v) is 8.36. The van der Waals surface area contributed by atoms with Gasteiger partial charge in [-0.15, -0.1) is 22.6 Å². The van der Waals surface area contributed by atoms with Crippen LogP contribution in [0.1, 0.15) is 72.9 Å². The summed E-state index contributed by atoms with van der Waals surface area (Å²) in [5, 5.41) is 23.4. The van der Waals surface area contributed by atoms with Gasteiger partial charge < -0.3 is 26.6 Å². The molecule has 2 unspecified atom stereocenters. The maximum Gasteiger partial charge on any atom is 0.251 e. The summed E-state index contributed by atoms with van der Waals surface area (Å²) < 4.78 is 0. The van der Waals surface area contributed by atoms with Gasteiger partial charge in [-0.05, 0) is 142 Å². The highest BCUT2D eigenvalue weighted by atomic mass is 35.5. The molecule has 2 aliphatic heterocycles. The summed E-state index contributed by atoms with van der Waals surface area (Å²) in [6.45, 7) is 2.67. The van der Waals surface area contributed by atoms with Crippen LogP contribution < -0.4 is 21.7 Å². The highest BCUT2D eigenvalue weighted by Crippen LogP contribution is 2.34. The zero-order valence-electron chi connectivity index (χ0n) is 30.4. The molecule has 6 N–H and O–H groups in total. The number of amides is 3. The van der Waals surface area contributed by atoms with Crippen molar-refractivity contribution in [3.05, 3.63) is 83.4 Å². The van der Waals surface area contributed by atoms with Crippen molar-refractivity contribution < 1.29 is 14.4 Å². The van der Waals surface area contributed by atoms with E-state index in [9.17, 15) is 14.4 Å². The molecule has 7 rings (SSSR count). The Bertz CT molecular complexity index is 1850. The number of piperidine rings is 1. The Morgan fingerprint density at radius 2 is 1.58 bits per heavy atom. The molecule has 3 fully saturated rings. The third kappa shape index (κ3) is 8.94. The van der Waals surface area contributed by atoms with E-state index >= 15 is 0 Å². The number of nitrogens with two attached hydrogens (primary N) is 1. The Balaban J connectivity index is 0.00000481. The fourth-order valence-electron chi connectivity index (χ4n) is 8.36. The average molecular weight is 740 g/mol. The summed E-state index contributed by atoms with van der Waals surface area (Å²) in [7, 11) is 2.21. The normalized spacial score (nSPS) is 23.0. The number of halogens is 1. The van der Waals surface area contributed by atoms with E-state index in [1.807, 2.05) is 61.5 Å². The smallest absolute Gasteiger partial charge is 0.251 e. The van der Waals surface area contributed by atoms with Gasteiger partial charge in [0.2, 0.25) is 17.6 Å². The predicted octanol–water partition coefficient (Wildman–Crippen LogP) is 5.05. The number of rotatable bonds is 11. The van der Waals surface area contributed by atoms with E-state index in [4.69, 9.17) is 5.73 Å². The Hall–Kier alpha value is -4.65. The standard InChI is InChI=1S/C40H49N9O3.ClH/c1-24-19-30(39(51)43-32-21-33-16-17-34(22-32)49(33)2)13-18-35(24)27-7-3-25(4-8-27)20-36(44-38(50)29-9-5-26(23-41)6-10-29)40(52)42-31-14-11-28(12-15-31)37-45-47-48-46-37;/h3-4,7-8,11-15,18-19,26,29,32-34,36H,5-6,9-10,16-17,20-23,41H2,1-2H3,(H,42,52)(H,43,51)(H,44,50)(H,45,46,47,48);1H/t26?,29?,32?,33?,34?,36-;/m0./s1. The summed E-state index contributed by atoms with van der Waals surface area (Å²) >= 11 is 0. The minimum atomic E-state index is -0.776. The van der Waals surface area contributed by atoms with Crippen molar-refractivity contribution in [3.8, 4) is 22.5 Å². The van der Waals surface area contributed by atoms with E-state index in [-0.39, 0.29) is 42.1 Å². The molecule has 3 amide bonds. The molecule has 2 saturated heterocycles. The molecular formula is C40H50ClN9O3. The van der Waals surface area contributed by atoms with E-state index in [1.54, 1.807) is 12.1 Å². The third-order valence-corrected chi connectivity index (χ3v) is 11.6. The number of carbonyl (C=O) groups excluding carboxylic acids is 3. The van der Waals surface area contributed by atoms with Crippen LogP contribution in [0.5, 0.6) is 0 Å². The number of aromatic amines is 1. The van der Waals surface area contributed by atoms with Crippen molar-refractivity contribution in [1.29, 1.82) is 0 Å². The number of carbonyl (C=O) groups is 3. The van der Waals surface area contributed by atoms with Crippen LogP contribution in [0.2, 0.25) is 0 Å². The first-order chi connectivity index (χ1) is 25.2. The Morgan fingerprint density at radius 1 is 0.906 bits per heavy atom. The molecule has 3 aromatic carbocycles. The summed E-state index contributed by atoms with van der Waals surface area (Å²) in [5.74, 6) is 0.374. The van der Waals surface area contributed by atoms with Gasteiger partial charge in [-0.1, -0.05) is 30.3 Å². The van der Waals surface area contributed by atoms with E-state index in [2.05, 4.69) is 48.5 Å². The lowest BCUT2D eigenvalue weighted by Gasteiger charge is -2.36. The first-order valence-corrected chi connectivity index (χ1v) is 18.6. The molecule has 4 aromatic rings. The zero-order chi connectivity index (χ0) is 36.2. The summed E-state index contributed by atoms with van der Waals surface area (Å²) in [4.78, 5) is 42.9. The maximum atomic E-state index is 13.7. The molecule has 280 valence electrons. The molecule has 13 heteroatoms. The highest BCUT2D eigenvalue weighted by molar-refractivity contribution is 5.98. The lowest BCUT2D eigenvalue weighted by atomic mass is 9.81. The van der Waals surface area contributed by atoms with Crippen molar-refractivity contribution in [1.82, 2.24) is 36.2 Å². The van der Waals surface area contributed by atoms with Gasteiger partial charge in [0.25, 0.3) is 5.91 Å². The van der Waals surface area contributed by atoms with Crippen molar-refractivity contribution in [3.63, 3.8) is 0 Å². The van der Waals surface area contributed by atoms with Crippen LogP contribution in [0.4, 0.5) is 5.69 Å². The zero-order valence-corrected chi connectivity index (χ0v) is 31.2. The van der Waals surface area contributed by atoms with Gasteiger partial charge in [-0.2, -0.15) is 5.21 Å². The van der Waals surface area contributed by atoms with Gasteiger partial charge in [0.15, 0.2) is 0 Å². The van der Waals surface area contributed by atoms with Crippen LogP contribution in [0.25, 0.3) is 22.5 Å². The number of aryl methyl sites for hydroxylation is 1. The maximum absolute atomic E-state index is 13.7. The molecule has 1 saturated carbocycles. The van der Waals surface area contributed by atoms with Gasteiger partial charge in [0.05, 0.1) is 0 Å². The molecule has 53 heavy (non-hydrogen) atoms. The molecule has 0 spiro atoms. The van der Waals surface area contributed by atoms with Crippen LogP contribution in [0, 0.1) is 18.8 Å². The van der Waals surface area contributed by atoms with E-state index < -0.39 is 6.04 Å². The Morgan fingerprint density at radius 3 is 2.21 bits per heavy atom. The van der Waals surface area contributed by atoms with Gasteiger partial charge in [0.1, 0.15) is 6.04 Å². The quantitative estimate of drug-likeness (QED) is 0.142. The van der Waals surface area contributed by atoms with Crippen LogP contribution in [0.15, 0.2) is 66.7 Å². The third-order valence-electron chi connectivity index (χ3n) is 11.6. The largest absolute Gasteiger partial charge is 0.349 e. The minimum Gasteiger partial charge on any atom is -0.349 e. The molecule has 3 atom stereocenters. The van der Waals surface area contributed by atoms with Gasteiger partial charge in [-0.25, -0.2) is 0 Å². The molecule has 3 heterocycles. The molecule has 12 nitrogen and oxygen atoms in total. The van der Waals surface area contributed by atoms with Crippen molar-refractivity contribution in [2.45, 2.75) is 88.9 Å². The van der Waals surface area contributed by atoms with Crippen molar-refractivity contribution in [2.75, 3.05) is 18.9 Å².